The highest BCUT2D eigenvalue weighted by molar-refractivity contribution is 9.10. The van der Waals surface area contributed by atoms with Crippen molar-refractivity contribution >= 4 is 21.7 Å². The van der Waals surface area contributed by atoms with Crippen LogP contribution in [-0.2, 0) is 6.42 Å². The van der Waals surface area contributed by atoms with E-state index < -0.39 is 0 Å². The van der Waals surface area contributed by atoms with Gasteiger partial charge in [-0.05, 0) is 29.3 Å². The molecule has 0 saturated heterocycles. The molecule has 3 aromatic rings. The van der Waals surface area contributed by atoms with Crippen molar-refractivity contribution in [3.63, 3.8) is 0 Å². The molecule has 0 fully saturated rings. The smallest absolute Gasteiger partial charge is 0.267 e. The summed E-state index contributed by atoms with van der Waals surface area (Å²) in [6, 6.07) is 25.3. The van der Waals surface area contributed by atoms with Gasteiger partial charge >= 0.3 is 0 Å². The van der Waals surface area contributed by atoms with Crippen molar-refractivity contribution in [2.75, 3.05) is 5.32 Å². The van der Waals surface area contributed by atoms with Gasteiger partial charge in [0, 0.05) is 17.0 Å². The number of aromatic nitrogens is 1. The summed E-state index contributed by atoms with van der Waals surface area (Å²) in [5, 5.41) is 3.59. The maximum absolute atomic E-state index is 3.59. The zero-order chi connectivity index (χ0) is 15.2. The molecular weight excluding hydrogens is 336 g/mol. The first-order valence-corrected chi connectivity index (χ1v) is 8.13. The molecule has 110 valence electrons. The van der Waals surface area contributed by atoms with Crippen LogP contribution in [0.2, 0.25) is 0 Å². The molecule has 0 amide bonds. The first-order chi connectivity index (χ1) is 10.8. The number of H-pyrrole nitrogens is 1. The summed E-state index contributed by atoms with van der Waals surface area (Å²) in [5.41, 5.74) is 2.59. The summed E-state index contributed by atoms with van der Waals surface area (Å²) in [7, 11) is 0. The third kappa shape index (κ3) is 3.95. The molecule has 1 atom stereocenters. The van der Waals surface area contributed by atoms with E-state index in [1.165, 1.54) is 11.1 Å². The quantitative estimate of drug-likeness (QED) is 0.709. The van der Waals surface area contributed by atoms with Gasteiger partial charge in [0.05, 0.1) is 6.20 Å². The lowest BCUT2D eigenvalue weighted by atomic mass is 9.99. The highest BCUT2D eigenvalue weighted by atomic mass is 79.9. The number of hydrogen-bond donors (Lipinski definition) is 1. The Morgan fingerprint density at radius 1 is 0.864 bits per heavy atom. The Hall–Kier alpha value is -2.13. The SMILES string of the molecule is Brc1ccc([C@@H](Cc2ccccc2)Nc2cccc[nH+]2)cc1. The minimum atomic E-state index is 0.217. The standard InChI is InChI=1S/C19H17BrN2/c20-17-11-9-16(10-12-17)18(14-15-6-2-1-3-7-15)22-19-8-4-5-13-21-19/h1-13,18H,14H2,(H,21,22)/p+1/t18-/m1/s1. The molecular formula is C19H18BrN2+. The second kappa shape index (κ2) is 7.23. The number of halogens is 1. The van der Waals surface area contributed by atoms with Gasteiger partial charge in [-0.3, -0.25) is 5.32 Å². The van der Waals surface area contributed by atoms with Gasteiger partial charge in [-0.1, -0.05) is 64.5 Å². The van der Waals surface area contributed by atoms with Crippen molar-refractivity contribution in [1.82, 2.24) is 0 Å². The van der Waals surface area contributed by atoms with E-state index in [4.69, 9.17) is 0 Å². The molecule has 0 unspecified atom stereocenters. The van der Waals surface area contributed by atoms with Gasteiger partial charge in [-0.25, -0.2) is 4.98 Å². The molecule has 2 aromatic carbocycles. The van der Waals surface area contributed by atoms with Crippen LogP contribution in [0.25, 0.3) is 0 Å². The van der Waals surface area contributed by atoms with E-state index in [0.29, 0.717) is 0 Å². The minimum absolute atomic E-state index is 0.217. The molecule has 3 heteroatoms. The van der Waals surface area contributed by atoms with Crippen LogP contribution < -0.4 is 10.3 Å². The Morgan fingerprint density at radius 2 is 1.59 bits per heavy atom. The zero-order valence-corrected chi connectivity index (χ0v) is 13.8. The molecule has 2 nitrogen and oxygen atoms in total. The molecule has 0 aliphatic rings. The third-order valence-electron chi connectivity index (χ3n) is 3.59. The predicted octanol–water partition coefficient (Wildman–Crippen LogP) is 4.66. The number of benzene rings is 2. The normalized spacial score (nSPS) is 11.9. The summed E-state index contributed by atoms with van der Waals surface area (Å²) >= 11 is 3.50. The summed E-state index contributed by atoms with van der Waals surface area (Å²) in [6.45, 7) is 0. The topological polar surface area (TPSA) is 26.2 Å². The molecule has 2 N–H and O–H groups in total. The molecule has 0 aliphatic carbocycles. The Kier molecular flexibility index (Phi) is 4.86. The molecule has 22 heavy (non-hydrogen) atoms. The van der Waals surface area contributed by atoms with E-state index in [-0.39, 0.29) is 6.04 Å². The van der Waals surface area contributed by atoms with Gasteiger partial charge in [-0.2, -0.15) is 0 Å². The summed E-state index contributed by atoms with van der Waals surface area (Å²) in [6.07, 6.45) is 2.87. The fourth-order valence-corrected chi connectivity index (χ4v) is 2.73. The number of anilines is 1. The molecule has 0 saturated carbocycles. The summed E-state index contributed by atoms with van der Waals surface area (Å²) in [4.78, 5) is 3.25. The van der Waals surface area contributed by atoms with E-state index in [1.807, 2.05) is 18.3 Å². The number of aromatic amines is 1. The maximum Gasteiger partial charge on any atom is 0.272 e. The average Bonchev–Trinajstić information content (AvgIpc) is 2.57. The number of pyridine rings is 1. The second-order valence-corrected chi connectivity index (χ2v) is 6.13. The molecule has 1 heterocycles. The number of rotatable bonds is 5. The number of nitrogens with one attached hydrogen (secondary N) is 2. The van der Waals surface area contributed by atoms with Crippen molar-refractivity contribution in [1.29, 1.82) is 0 Å². The largest absolute Gasteiger partial charge is 0.272 e. The third-order valence-corrected chi connectivity index (χ3v) is 4.12. The fourth-order valence-electron chi connectivity index (χ4n) is 2.47. The molecule has 0 radical (unpaired) electrons. The van der Waals surface area contributed by atoms with Crippen LogP contribution in [0.4, 0.5) is 5.82 Å². The average molecular weight is 354 g/mol. The van der Waals surface area contributed by atoms with Gasteiger partial charge in [0.15, 0.2) is 0 Å². The summed E-state index contributed by atoms with van der Waals surface area (Å²) in [5.74, 6) is 1.02. The van der Waals surface area contributed by atoms with E-state index in [0.717, 1.165) is 16.7 Å². The first kappa shape index (κ1) is 14.8. The minimum Gasteiger partial charge on any atom is -0.267 e. The molecule has 1 aromatic heterocycles. The van der Waals surface area contributed by atoms with Gasteiger partial charge in [-0.15, -0.1) is 0 Å². The predicted molar refractivity (Wildman–Crippen MR) is 93.6 cm³/mol. The van der Waals surface area contributed by atoms with Crippen molar-refractivity contribution < 1.29 is 4.98 Å². The Morgan fingerprint density at radius 3 is 2.27 bits per heavy atom. The van der Waals surface area contributed by atoms with Crippen LogP contribution in [0.3, 0.4) is 0 Å². The van der Waals surface area contributed by atoms with E-state index in [2.05, 4.69) is 86.9 Å². The van der Waals surface area contributed by atoms with Gasteiger partial charge in [0.25, 0.3) is 5.82 Å². The monoisotopic (exact) mass is 353 g/mol. The maximum atomic E-state index is 3.59. The van der Waals surface area contributed by atoms with Crippen LogP contribution in [0.15, 0.2) is 83.5 Å². The van der Waals surface area contributed by atoms with Crippen LogP contribution in [0.1, 0.15) is 17.2 Å². The van der Waals surface area contributed by atoms with E-state index in [1.54, 1.807) is 0 Å². The van der Waals surface area contributed by atoms with Crippen LogP contribution in [-0.4, -0.2) is 0 Å². The van der Waals surface area contributed by atoms with Crippen molar-refractivity contribution in [3.05, 3.63) is 94.6 Å². The first-order valence-electron chi connectivity index (χ1n) is 7.34. The van der Waals surface area contributed by atoms with Gasteiger partial charge in [0.1, 0.15) is 6.04 Å². The Bertz CT molecular complexity index is 655. The zero-order valence-electron chi connectivity index (χ0n) is 12.2. The lowest BCUT2D eigenvalue weighted by molar-refractivity contribution is -0.361. The fraction of sp³-hybridized carbons (Fsp3) is 0.105. The van der Waals surface area contributed by atoms with E-state index >= 15 is 0 Å². The van der Waals surface area contributed by atoms with Crippen molar-refractivity contribution in [2.45, 2.75) is 12.5 Å². The van der Waals surface area contributed by atoms with Crippen LogP contribution in [0.5, 0.6) is 0 Å². The van der Waals surface area contributed by atoms with Crippen molar-refractivity contribution in [3.8, 4) is 0 Å². The van der Waals surface area contributed by atoms with Crippen LogP contribution in [0, 0.1) is 0 Å². The highest BCUT2D eigenvalue weighted by Gasteiger charge is 2.17. The van der Waals surface area contributed by atoms with Gasteiger partial charge in [0.2, 0.25) is 0 Å². The van der Waals surface area contributed by atoms with Crippen molar-refractivity contribution in [2.24, 2.45) is 0 Å². The lowest BCUT2D eigenvalue weighted by Gasteiger charge is -2.15. The molecule has 0 aliphatic heterocycles. The van der Waals surface area contributed by atoms with E-state index in [9.17, 15) is 0 Å². The van der Waals surface area contributed by atoms with Crippen LogP contribution >= 0.6 is 15.9 Å². The Labute approximate surface area is 139 Å². The number of hydrogen-bond acceptors (Lipinski definition) is 1. The molecule has 3 rings (SSSR count). The molecule has 0 spiro atoms. The Balaban J connectivity index is 1.86. The molecule has 0 bridgehead atoms. The summed E-state index contributed by atoms with van der Waals surface area (Å²) < 4.78 is 1.10. The highest BCUT2D eigenvalue weighted by Crippen LogP contribution is 2.23. The lowest BCUT2D eigenvalue weighted by Crippen LogP contribution is -2.19. The van der Waals surface area contributed by atoms with Gasteiger partial charge < -0.3 is 0 Å². The second-order valence-electron chi connectivity index (χ2n) is 5.21.